The van der Waals surface area contributed by atoms with Gasteiger partial charge in [0.25, 0.3) is 0 Å². The third-order valence-electron chi connectivity index (χ3n) is 7.37. The Balaban J connectivity index is 1.26. The molecule has 0 radical (unpaired) electrons. The molecule has 1 aliphatic carbocycles. The minimum absolute atomic E-state index is 0.299. The Morgan fingerprint density at radius 1 is 0.730 bits per heavy atom. The monoisotopic (exact) mass is 485 g/mol. The van der Waals surface area contributed by atoms with E-state index in [1.807, 2.05) is 36.9 Å². The van der Waals surface area contributed by atoms with Crippen LogP contribution in [0.2, 0.25) is 0 Å². The van der Waals surface area contributed by atoms with Crippen LogP contribution in [0.4, 0.5) is 0 Å². The first-order valence-corrected chi connectivity index (χ1v) is 12.9. The lowest BCUT2D eigenvalue weighted by Crippen LogP contribution is -2.19. The number of aromatic amines is 2. The second-order valence-corrected chi connectivity index (χ2v) is 9.81. The van der Waals surface area contributed by atoms with Gasteiger partial charge in [-0.3, -0.25) is 15.1 Å². The lowest BCUT2D eigenvalue weighted by atomic mass is 9.98. The number of benzene rings is 2. The molecule has 6 nitrogen and oxygen atoms in total. The zero-order chi connectivity index (χ0) is 24.6. The van der Waals surface area contributed by atoms with Crippen LogP contribution in [0.3, 0.4) is 0 Å². The number of pyridine rings is 2. The van der Waals surface area contributed by atoms with Gasteiger partial charge in [-0.2, -0.15) is 5.10 Å². The van der Waals surface area contributed by atoms with Gasteiger partial charge in [0.05, 0.1) is 23.5 Å². The summed E-state index contributed by atoms with van der Waals surface area (Å²) in [7, 11) is 0. The average molecular weight is 486 g/mol. The number of nitrogens with zero attached hydrogens (tertiary/aromatic N) is 3. The number of hydrogen-bond acceptors (Lipinski definition) is 4. The van der Waals surface area contributed by atoms with E-state index >= 15 is 0 Å². The van der Waals surface area contributed by atoms with Gasteiger partial charge in [-0.15, -0.1) is 0 Å². The van der Waals surface area contributed by atoms with Crippen LogP contribution in [0.5, 0.6) is 5.75 Å². The molecule has 37 heavy (non-hydrogen) atoms. The fraction of sp³-hybridized carbons (Fsp3) is 0.194. The molecule has 0 atom stereocenters. The van der Waals surface area contributed by atoms with E-state index in [9.17, 15) is 0 Å². The number of ether oxygens (including phenoxy) is 1. The van der Waals surface area contributed by atoms with Crippen molar-refractivity contribution in [3.63, 3.8) is 0 Å². The van der Waals surface area contributed by atoms with Crippen LogP contribution in [-0.2, 0) is 0 Å². The van der Waals surface area contributed by atoms with Crippen molar-refractivity contribution in [2.45, 2.75) is 38.2 Å². The molecule has 0 saturated heterocycles. The van der Waals surface area contributed by atoms with Gasteiger partial charge >= 0.3 is 0 Å². The highest BCUT2D eigenvalue weighted by molar-refractivity contribution is 6.01. The normalized spacial score (nSPS) is 14.4. The lowest BCUT2D eigenvalue weighted by Gasteiger charge is -2.23. The Hall–Kier alpha value is -4.45. The number of rotatable bonds is 5. The summed E-state index contributed by atoms with van der Waals surface area (Å²) in [6.45, 7) is 0. The Bertz CT molecular complexity index is 1700. The maximum atomic E-state index is 6.27. The van der Waals surface area contributed by atoms with Crippen LogP contribution >= 0.6 is 0 Å². The predicted molar refractivity (Wildman–Crippen MR) is 147 cm³/mol. The molecule has 6 aromatic rings. The summed E-state index contributed by atoms with van der Waals surface area (Å²) in [5.41, 5.74) is 8.39. The van der Waals surface area contributed by atoms with Gasteiger partial charge in [0.2, 0.25) is 0 Å². The fourth-order valence-electron chi connectivity index (χ4n) is 5.48. The summed E-state index contributed by atoms with van der Waals surface area (Å²) < 4.78 is 6.27. The van der Waals surface area contributed by atoms with Crippen LogP contribution in [0, 0.1) is 0 Å². The molecule has 0 aliphatic heterocycles. The van der Waals surface area contributed by atoms with E-state index in [1.54, 1.807) is 0 Å². The van der Waals surface area contributed by atoms with E-state index in [4.69, 9.17) is 4.74 Å². The SMILES string of the molecule is c1cc(-c2ccncc2)c2cc(-c3n[nH]c4ccc(-c5cncc(OC6CCCCC6)c5)cc34)[nH]c2c1. The van der Waals surface area contributed by atoms with E-state index in [0.717, 1.165) is 68.5 Å². The minimum atomic E-state index is 0.299. The van der Waals surface area contributed by atoms with E-state index in [2.05, 4.69) is 73.7 Å². The number of hydrogen-bond donors (Lipinski definition) is 2. The quantitative estimate of drug-likeness (QED) is 0.264. The zero-order valence-corrected chi connectivity index (χ0v) is 20.4. The van der Waals surface area contributed by atoms with E-state index in [-0.39, 0.29) is 0 Å². The maximum Gasteiger partial charge on any atom is 0.138 e. The third kappa shape index (κ3) is 4.14. The van der Waals surface area contributed by atoms with Crippen molar-refractivity contribution < 1.29 is 4.74 Å². The molecule has 0 amide bonds. The molecule has 2 N–H and O–H groups in total. The van der Waals surface area contributed by atoms with Gasteiger partial charge in [-0.25, -0.2) is 0 Å². The number of aromatic nitrogens is 5. The smallest absolute Gasteiger partial charge is 0.138 e. The highest BCUT2D eigenvalue weighted by Crippen LogP contribution is 2.35. The minimum Gasteiger partial charge on any atom is -0.489 e. The molecule has 7 rings (SSSR count). The van der Waals surface area contributed by atoms with Gasteiger partial charge in [0.1, 0.15) is 11.4 Å². The van der Waals surface area contributed by atoms with Crippen LogP contribution < -0.4 is 4.74 Å². The fourth-order valence-corrected chi connectivity index (χ4v) is 5.48. The van der Waals surface area contributed by atoms with E-state index < -0.39 is 0 Å². The first kappa shape index (κ1) is 21.8. The Morgan fingerprint density at radius 2 is 1.62 bits per heavy atom. The van der Waals surface area contributed by atoms with Crippen molar-refractivity contribution in [1.29, 1.82) is 0 Å². The van der Waals surface area contributed by atoms with Crippen LogP contribution in [0.25, 0.3) is 55.4 Å². The maximum absolute atomic E-state index is 6.27. The van der Waals surface area contributed by atoms with Crippen LogP contribution in [0.15, 0.2) is 85.5 Å². The summed E-state index contributed by atoms with van der Waals surface area (Å²) in [4.78, 5) is 12.2. The van der Waals surface area contributed by atoms with Crippen LogP contribution in [0.1, 0.15) is 32.1 Å². The van der Waals surface area contributed by atoms with E-state index in [0.29, 0.717) is 6.10 Å². The molecule has 4 aromatic heterocycles. The summed E-state index contributed by atoms with van der Waals surface area (Å²) in [5, 5.41) is 10.1. The zero-order valence-electron chi connectivity index (χ0n) is 20.4. The third-order valence-corrected chi connectivity index (χ3v) is 7.37. The van der Waals surface area contributed by atoms with Gasteiger partial charge in [0, 0.05) is 40.4 Å². The molecule has 0 bridgehead atoms. The highest BCUT2D eigenvalue weighted by atomic mass is 16.5. The van der Waals surface area contributed by atoms with Crippen molar-refractivity contribution in [3.05, 3.63) is 85.5 Å². The summed E-state index contributed by atoms with van der Waals surface area (Å²) in [6.07, 6.45) is 13.7. The van der Waals surface area contributed by atoms with Crippen molar-refractivity contribution >= 4 is 21.8 Å². The molecule has 182 valence electrons. The number of nitrogens with one attached hydrogen (secondary N) is 2. The van der Waals surface area contributed by atoms with Gasteiger partial charge in [-0.05, 0) is 84.8 Å². The Morgan fingerprint density at radius 3 is 2.51 bits per heavy atom. The molecule has 1 aliphatic rings. The van der Waals surface area contributed by atoms with Crippen LogP contribution in [-0.4, -0.2) is 31.3 Å². The average Bonchev–Trinajstić information content (AvgIpc) is 3.58. The van der Waals surface area contributed by atoms with Gasteiger partial charge in [0.15, 0.2) is 0 Å². The molecule has 4 heterocycles. The molecular formula is C31H27N5O. The molecule has 1 saturated carbocycles. The van der Waals surface area contributed by atoms with Gasteiger partial charge in [-0.1, -0.05) is 24.6 Å². The predicted octanol–water partition coefficient (Wildman–Crippen LogP) is 7.55. The van der Waals surface area contributed by atoms with Gasteiger partial charge < -0.3 is 9.72 Å². The largest absolute Gasteiger partial charge is 0.489 e. The molecule has 0 spiro atoms. The van der Waals surface area contributed by atoms with Crippen molar-refractivity contribution in [2.24, 2.45) is 0 Å². The first-order chi connectivity index (χ1) is 18.3. The Labute approximate surface area is 214 Å². The number of fused-ring (bicyclic) bond motifs is 2. The number of H-pyrrole nitrogens is 2. The van der Waals surface area contributed by atoms with Crippen molar-refractivity contribution in [1.82, 2.24) is 25.1 Å². The topological polar surface area (TPSA) is 79.5 Å². The summed E-state index contributed by atoms with van der Waals surface area (Å²) in [6, 6.07) is 21.1. The molecular weight excluding hydrogens is 458 g/mol. The molecule has 0 unspecified atom stereocenters. The second kappa shape index (κ2) is 9.21. The molecule has 1 fully saturated rings. The Kier molecular flexibility index (Phi) is 5.43. The summed E-state index contributed by atoms with van der Waals surface area (Å²) in [5.74, 6) is 0.844. The van der Waals surface area contributed by atoms with Crippen molar-refractivity contribution in [2.75, 3.05) is 0 Å². The van der Waals surface area contributed by atoms with E-state index in [1.165, 1.54) is 24.8 Å². The molecule has 2 aromatic carbocycles. The second-order valence-electron chi connectivity index (χ2n) is 9.81. The first-order valence-electron chi connectivity index (χ1n) is 12.9. The summed E-state index contributed by atoms with van der Waals surface area (Å²) >= 11 is 0. The molecule has 6 heteroatoms. The van der Waals surface area contributed by atoms with Crippen molar-refractivity contribution in [3.8, 4) is 39.4 Å². The highest BCUT2D eigenvalue weighted by Gasteiger charge is 2.17. The lowest BCUT2D eigenvalue weighted by molar-refractivity contribution is 0.154. The standard InChI is InChI=1S/C31H27N5O/c1-2-5-23(6-3-1)37-24-15-22(18-33-19-24)21-9-10-29-27(16-21)31(36-35-29)30-17-26-25(7-4-8-28(26)34-30)20-11-13-32-14-12-20/h4,7-19,23,34H,1-3,5-6H2,(H,35,36).